The van der Waals surface area contributed by atoms with Crippen LogP contribution in [0.4, 0.5) is 0 Å². The summed E-state index contributed by atoms with van der Waals surface area (Å²) in [4.78, 5) is 16.1. The number of aryl methyl sites for hydroxylation is 1. The van der Waals surface area contributed by atoms with E-state index in [0.29, 0.717) is 0 Å². The van der Waals surface area contributed by atoms with Crippen molar-refractivity contribution in [1.29, 1.82) is 0 Å². The second kappa shape index (κ2) is 3.48. The number of rotatable bonds is 0. The molecule has 3 nitrogen and oxygen atoms in total. The minimum atomic E-state index is 0.0942. The van der Waals surface area contributed by atoms with Gasteiger partial charge in [0.05, 0.1) is 16.4 Å². The molecule has 2 heterocycles. The summed E-state index contributed by atoms with van der Waals surface area (Å²) in [6, 6.07) is 13.7. The summed E-state index contributed by atoms with van der Waals surface area (Å²) in [6.07, 6.45) is 1.98. The maximum absolute atomic E-state index is 12.7. The van der Waals surface area contributed by atoms with Crippen molar-refractivity contribution in [3.8, 4) is 0 Å². The van der Waals surface area contributed by atoms with Gasteiger partial charge in [-0.05, 0) is 24.3 Å². The van der Waals surface area contributed by atoms with Gasteiger partial charge in [-0.1, -0.05) is 18.2 Å². The first kappa shape index (κ1) is 10.4. The molecule has 0 bridgehead atoms. The summed E-state index contributed by atoms with van der Waals surface area (Å²) in [5, 5.41) is 2.60. The summed E-state index contributed by atoms with van der Waals surface area (Å²) in [5.74, 6) is 0. The van der Waals surface area contributed by atoms with Crippen LogP contribution in [-0.2, 0) is 7.05 Å². The molecule has 0 radical (unpaired) electrons. The molecule has 1 N–H and O–H groups in total. The molecule has 4 aromatic rings. The molecule has 2 aromatic carbocycles. The standard InChI is InChI=1S/C16H12N2O/c1-18-9-8-10-6-7-13-14(15(10)18)16(19)11-4-2-3-5-12(11)17-13/h2-9H,1H3,(H,17,19). The molecule has 0 aliphatic carbocycles. The molecule has 2 aromatic heterocycles. The quantitative estimate of drug-likeness (QED) is 0.477. The molecule has 0 spiro atoms. The van der Waals surface area contributed by atoms with Crippen molar-refractivity contribution in [3.63, 3.8) is 0 Å². The van der Waals surface area contributed by atoms with Crippen molar-refractivity contribution in [2.75, 3.05) is 0 Å². The first-order valence-corrected chi connectivity index (χ1v) is 6.24. The van der Waals surface area contributed by atoms with Gasteiger partial charge in [0.2, 0.25) is 0 Å². The van der Waals surface area contributed by atoms with Crippen LogP contribution in [0.25, 0.3) is 32.7 Å². The third-order valence-electron chi connectivity index (χ3n) is 3.71. The predicted octanol–water partition coefficient (Wildman–Crippen LogP) is 3.17. The molecule has 92 valence electrons. The van der Waals surface area contributed by atoms with Crippen molar-refractivity contribution in [3.05, 3.63) is 58.9 Å². The molecule has 0 saturated carbocycles. The molecule has 3 heteroatoms. The third kappa shape index (κ3) is 1.30. The maximum Gasteiger partial charge on any atom is 0.199 e. The Bertz CT molecular complexity index is 992. The number of para-hydroxylation sites is 1. The first-order valence-electron chi connectivity index (χ1n) is 6.24. The van der Waals surface area contributed by atoms with Gasteiger partial charge in [0.1, 0.15) is 0 Å². The fraction of sp³-hybridized carbons (Fsp3) is 0.0625. The monoisotopic (exact) mass is 248 g/mol. The topological polar surface area (TPSA) is 37.8 Å². The maximum atomic E-state index is 12.7. The van der Waals surface area contributed by atoms with Gasteiger partial charge in [-0.3, -0.25) is 4.79 Å². The van der Waals surface area contributed by atoms with Gasteiger partial charge < -0.3 is 9.55 Å². The van der Waals surface area contributed by atoms with Crippen molar-refractivity contribution in [2.24, 2.45) is 7.05 Å². The highest BCUT2D eigenvalue weighted by atomic mass is 16.1. The van der Waals surface area contributed by atoms with Crippen molar-refractivity contribution >= 4 is 32.7 Å². The van der Waals surface area contributed by atoms with E-state index in [4.69, 9.17) is 0 Å². The van der Waals surface area contributed by atoms with E-state index in [2.05, 4.69) is 4.98 Å². The number of fused-ring (bicyclic) bond motifs is 4. The fourth-order valence-corrected chi connectivity index (χ4v) is 2.79. The highest BCUT2D eigenvalue weighted by Crippen LogP contribution is 2.24. The molecule has 0 amide bonds. The second-order valence-electron chi connectivity index (χ2n) is 4.85. The van der Waals surface area contributed by atoms with E-state index in [1.54, 1.807) is 0 Å². The van der Waals surface area contributed by atoms with Crippen LogP contribution in [0.5, 0.6) is 0 Å². The molecule has 0 aliphatic rings. The number of nitrogens with one attached hydrogen (secondary N) is 1. The Hall–Kier alpha value is -2.55. The average Bonchev–Trinajstić information content (AvgIpc) is 2.81. The van der Waals surface area contributed by atoms with Crippen LogP contribution in [0, 0.1) is 0 Å². The minimum absolute atomic E-state index is 0.0942. The zero-order chi connectivity index (χ0) is 13.0. The molecule has 0 saturated heterocycles. The van der Waals surface area contributed by atoms with Crippen LogP contribution in [0.1, 0.15) is 0 Å². The Morgan fingerprint density at radius 2 is 1.84 bits per heavy atom. The Labute approximate surface area is 109 Å². The van der Waals surface area contributed by atoms with E-state index in [0.717, 1.165) is 32.7 Å². The Balaban J connectivity index is 2.40. The van der Waals surface area contributed by atoms with E-state index < -0.39 is 0 Å². The van der Waals surface area contributed by atoms with Crippen molar-refractivity contribution in [1.82, 2.24) is 9.55 Å². The number of H-pyrrole nitrogens is 1. The van der Waals surface area contributed by atoms with E-state index >= 15 is 0 Å². The number of aromatic amines is 1. The van der Waals surface area contributed by atoms with E-state index in [1.165, 1.54) is 0 Å². The third-order valence-corrected chi connectivity index (χ3v) is 3.71. The lowest BCUT2D eigenvalue weighted by Crippen LogP contribution is -2.05. The van der Waals surface area contributed by atoms with Gasteiger partial charge >= 0.3 is 0 Å². The summed E-state index contributed by atoms with van der Waals surface area (Å²) < 4.78 is 2.00. The molecule has 4 rings (SSSR count). The highest BCUT2D eigenvalue weighted by molar-refractivity contribution is 6.07. The predicted molar refractivity (Wildman–Crippen MR) is 78.6 cm³/mol. The van der Waals surface area contributed by atoms with E-state index in [1.807, 2.05) is 60.3 Å². The number of nitrogens with zero attached hydrogens (tertiary/aromatic N) is 1. The average molecular weight is 248 g/mol. The Morgan fingerprint density at radius 1 is 1.00 bits per heavy atom. The van der Waals surface area contributed by atoms with Gasteiger partial charge in [0, 0.05) is 29.5 Å². The summed E-state index contributed by atoms with van der Waals surface area (Å²) >= 11 is 0. The summed E-state index contributed by atoms with van der Waals surface area (Å²) in [5.41, 5.74) is 2.85. The molecule has 0 fully saturated rings. The van der Waals surface area contributed by atoms with Gasteiger partial charge in [0.25, 0.3) is 0 Å². The van der Waals surface area contributed by atoms with Crippen LogP contribution in [-0.4, -0.2) is 9.55 Å². The number of hydrogen-bond donors (Lipinski definition) is 1. The largest absolute Gasteiger partial charge is 0.354 e. The number of aromatic nitrogens is 2. The van der Waals surface area contributed by atoms with Crippen LogP contribution < -0.4 is 5.43 Å². The van der Waals surface area contributed by atoms with Crippen LogP contribution >= 0.6 is 0 Å². The number of benzene rings is 2. The van der Waals surface area contributed by atoms with E-state index in [-0.39, 0.29) is 5.43 Å². The Kier molecular flexibility index (Phi) is 1.90. The lowest BCUT2D eigenvalue weighted by Gasteiger charge is -2.05. The minimum Gasteiger partial charge on any atom is -0.354 e. The SMILES string of the molecule is Cn1ccc2ccc3[nH]c4ccccc4c(=O)c3c21. The van der Waals surface area contributed by atoms with Crippen molar-refractivity contribution in [2.45, 2.75) is 0 Å². The lowest BCUT2D eigenvalue weighted by molar-refractivity contribution is 0.973. The van der Waals surface area contributed by atoms with Gasteiger partial charge in [0.15, 0.2) is 5.43 Å². The van der Waals surface area contributed by atoms with Crippen LogP contribution in [0.2, 0.25) is 0 Å². The summed E-state index contributed by atoms with van der Waals surface area (Å²) in [6.45, 7) is 0. The lowest BCUT2D eigenvalue weighted by atomic mass is 10.1. The first-order chi connectivity index (χ1) is 9.25. The molecule has 0 unspecified atom stereocenters. The second-order valence-corrected chi connectivity index (χ2v) is 4.85. The molecular formula is C16H12N2O. The molecular weight excluding hydrogens is 236 g/mol. The normalized spacial score (nSPS) is 11.6. The van der Waals surface area contributed by atoms with Gasteiger partial charge in [-0.15, -0.1) is 0 Å². The Morgan fingerprint density at radius 3 is 2.74 bits per heavy atom. The molecule has 0 aliphatic heterocycles. The summed E-state index contributed by atoms with van der Waals surface area (Å²) in [7, 11) is 1.97. The van der Waals surface area contributed by atoms with Crippen LogP contribution in [0.3, 0.4) is 0 Å². The smallest absolute Gasteiger partial charge is 0.199 e. The highest BCUT2D eigenvalue weighted by Gasteiger charge is 2.10. The van der Waals surface area contributed by atoms with Gasteiger partial charge in [-0.2, -0.15) is 0 Å². The zero-order valence-corrected chi connectivity index (χ0v) is 10.5. The number of hydrogen-bond acceptors (Lipinski definition) is 1. The fourth-order valence-electron chi connectivity index (χ4n) is 2.79. The molecule has 0 atom stereocenters. The number of pyridine rings is 1. The van der Waals surface area contributed by atoms with Crippen molar-refractivity contribution < 1.29 is 0 Å². The van der Waals surface area contributed by atoms with E-state index in [9.17, 15) is 4.79 Å². The van der Waals surface area contributed by atoms with Crippen LogP contribution in [0.15, 0.2) is 53.5 Å². The molecule has 19 heavy (non-hydrogen) atoms. The zero-order valence-electron chi connectivity index (χ0n) is 10.5. The van der Waals surface area contributed by atoms with Gasteiger partial charge in [-0.25, -0.2) is 0 Å².